The van der Waals surface area contributed by atoms with Crippen LogP contribution in [0.25, 0.3) is 11.1 Å². The van der Waals surface area contributed by atoms with Crippen molar-refractivity contribution in [2.75, 3.05) is 5.73 Å². The number of pyridine rings is 1. The van der Waals surface area contributed by atoms with E-state index in [1.807, 2.05) is 26.0 Å². The number of rotatable bonds is 1. The zero-order valence-corrected chi connectivity index (χ0v) is 9.29. The van der Waals surface area contributed by atoms with Gasteiger partial charge in [0, 0.05) is 11.8 Å². The van der Waals surface area contributed by atoms with Gasteiger partial charge in [0.2, 0.25) is 0 Å². The molecule has 0 aliphatic carbocycles. The third-order valence-corrected chi connectivity index (χ3v) is 2.56. The lowest BCUT2D eigenvalue weighted by Crippen LogP contribution is -1.95. The van der Waals surface area contributed by atoms with Gasteiger partial charge >= 0.3 is 0 Å². The lowest BCUT2D eigenvalue weighted by atomic mass is 10.00. The van der Waals surface area contributed by atoms with Crippen LogP contribution in [0.2, 0.25) is 0 Å². The number of nitrogens with zero attached hydrogens (tertiary/aromatic N) is 1. The number of anilines is 1. The molecule has 2 N–H and O–H groups in total. The third-order valence-electron chi connectivity index (χ3n) is 2.56. The molecule has 1 aromatic heterocycles. The van der Waals surface area contributed by atoms with Crippen molar-refractivity contribution in [3.05, 3.63) is 47.4 Å². The summed E-state index contributed by atoms with van der Waals surface area (Å²) in [6.07, 6.45) is 1.59. The molecule has 82 valence electrons. The first kappa shape index (κ1) is 10.6. The Hall–Kier alpha value is -1.90. The molecular formula is C13H13FN2. The van der Waals surface area contributed by atoms with Gasteiger partial charge in [-0.1, -0.05) is 23.8 Å². The van der Waals surface area contributed by atoms with E-state index in [-0.39, 0.29) is 5.82 Å². The number of halogens is 1. The molecule has 1 heterocycles. The molecule has 0 bridgehead atoms. The molecule has 0 atom stereocenters. The van der Waals surface area contributed by atoms with Crippen molar-refractivity contribution in [3.63, 3.8) is 0 Å². The highest BCUT2D eigenvalue weighted by atomic mass is 19.1. The maximum absolute atomic E-state index is 13.3. The second-order valence-corrected chi connectivity index (χ2v) is 3.91. The molecule has 0 fully saturated rings. The Morgan fingerprint density at radius 2 is 1.94 bits per heavy atom. The van der Waals surface area contributed by atoms with Gasteiger partial charge in [-0.3, -0.25) is 0 Å². The summed E-state index contributed by atoms with van der Waals surface area (Å²) in [4.78, 5) is 3.82. The van der Waals surface area contributed by atoms with E-state index in [0.29, 0.717) is 0 Å². The molecule has 16 heavy (non-hydrogen) atoms. The quantitative estimate of drug-likeness (QED) is 0.795. The van der Waals surface area contributed by atoms with E-state index >= 15 is 0 Å². The number of nitrogens with two attached hydrogens (primary N) is 1. The van der Waals surface area contributed by atoms with E-state index in [9.17, 15) is 4.39 Å². The average molecular weight is 216 g/mol. The zero-order valence-electron chi connectivity index (χ0n) is 9.29. The lowest BCUT2D eigenvalue weighted by molar-refractivity contribution is 0.628. The van der Waals surface area contributed by atoms with Crippen molar-refractivity contribution in [1.29, 1.82) is 0 Å². The summed E-state index contributed by atoms with van der Waals surface area (Å²) in [5.74, 6) is -0.536. The standard InChI is InChI=1S/C13H13FN2/c1-8-3-4-11(9(2)5-8)10-6-12(14)13(15)16-7-10/h3-7H,1-2H3,(H2,15,16). The predicted octanol–water partition coefficient (Wildman–Crippen LogP) is 3.09. The van der Waals surface area contributed by atoms with Crippen LogP contribution in [0.15, 0.2) is 30.5 Å². The first-order chi connectivity index (χ1) is 7.58. The molecule has 0 aliphatic rings. The van der Waals surface area contributed by atoms with E-state index in [1.165, 1.54) is 11.6 Å². The SMILES string of the molecule is Cc1ccc(-c2cnc(N)c(F)c2)c(C)c1. The van der Waals surface area contributed by atoms with Gasteiger partial charge in [0.25, 0.3) is 0 Å². The molecule has 0 radical (unpaired) electrons. The van der Waals surface area contributed by atoms with Gasteiger partial charge in [0.05, 0.1) is 0 Å². The molecular weight excluding hydrogens is 203 g/mol. The van der Waals surface area contributed by atoms with Crippen LogP contribution in [0.1, 0.15) is 11.1 Å². The highest BCUT2D eigenvalue weighted by Gasteiger charge is 2.06. The Morgan fingerprint density at radius 1 is 1.19 bits per heavy atom. The molecule has 0 aliphatic heterocycles. The van der Waals surface area contributed by atoms with Gasteiger partial charge in [0.15, 0.2) is 11.6 Å². The third kappa shape index (κ3) is 1.89. The summed E-state index contributed by atoms with van der Waals surface area (Å²) in [6, 6.07) is 7.44. The fraction of sp³-hybridized carbons (Fsp3) is 0.154. The maximum Gasteiger partial charge on any atom is 0.165 e. The maximum atomic E-state index is 13.3. The molecule has 2 aromatic rings. The van der Waals surface area contributed by atoms with Crippen LogP contribution in [0, 0.1) is 19.7 Å². The molecule has 3 heteroatoms. The van der Waals surface area contributed by atoms with Crippen molar-refractivity contribution in [2.24, 2.45) is 0 Å². The van der Waals surface area contributed by atoms with Crippen LogP contribution in [-0.2, 0) is 0 Å². The van der Waals surface area contributed by atoms with Crippen molar-refractivity contribution < 1.29 is 4.39 Å². The summed E-state index contributed by atoms with van der Waals surface area (Å²) in [6.45, 7) is 4.02. The largest absolute Gasteiger partial charge is 0.381 e. The molecule has 0 saturated carbocycles. The summed E-state index contributed by atoms with van der Waals surface area (Å²) in [7, 11) is 0. The topological polar surface area (TPSA) is 38.9 Å². The Labute approximate surface area is 93.9 Å². The van der Waals surface area contributed by atoms with Crippen LogP contribution in [-0.4, -0.2) is 4.98 Å². The van der Waals surface area contributed by atoms with Crippen molar-refractivity contribution in [3.8, 4) is 11.1 Å². The van der Waals surface area contributed by atoms with Gasteiger partial charge in [-0.15, -0.1) is 0 Å². The number of hydrogen-bond acceptors (Lipinski definition) is 2. The van der Waals surface area contributed by atoms with Crippen LogP contribution < -0.4 is 5.73 Å². The van der Waals surface area contributed by atoms with Gasteiger partial charge in [-0.2, -0.15) is 0 Å². The predicted molar refractivity (Wildman–Crippen MR) is 63.5 cm³/mol. The monoisotopic (exact) mass is 216 g/mol. The minimum absolute atomic E-state index is 0.0616. The number of nitrogen functional groups attached to an aromatic ring is 1. The molecule has 2 rings (SSSR count). The molecule has 0 amide bonds. The minimum atomic E-state index is -0.475. The average Bonchev–Trinajstić information content (AvgIpc) is 2.22. The van der Waals surface area contributed by atoms with E-state index in [2.05, 4.69) is 11.1 Å². The smallest absolute Gasteiger partial charge is 0.165 e. The normalized spacial score (nSPS) is 10.4. The van der Waals surface area contributed by atoms with Crippen LogP contribution in [0.5, 0.6) is 0 Å². The number of aryl methyl sites for hydroxylation is 2. The number of aromatic nitrogens is 1. The summed E-state index contributed by atoms with van der Waals surface area (Å²) in [5.41, 5.74) is 9.37. The minimum Gasteiger partial charge on any atom is -0.381 e. The van der Waals surface area contributed by atoms with Crippen LogP contribution >= 0.6 is 0 Å². The van der Waals surface area contributed by atoms with E-state index in [1.54, 1.807) is 6.20 Å². The van der Waals surface area contributed by atoms with Gasteiger partial charge in [0.1, 0.15) is 0 Å². The zero-order chi connectivity index (χ0) is 11.7. The summed E-state index contributed by atoms with van der Waals surface area (Å²) >= 11 is 0. The second-order valence-electron chi connectivity index (χ2n) is 3.91. The van der Waals surface area contributed by atoms with Gasteiger partial charge in [-0.05, 0) is 31.0 Å². The highest BCUT2D eigenvalue weighted by Crippen LogP contribution is 2.25. The number of hydrogen-bond donors (Lipinski definition) is 1. The fourth-order valence-corrected chi connectivity index (χ4v) is 1.73. The molecule has 0 unspecified atom stereocenters. The second kappa shape index (κ2) is 3.93. The highest BCUT2D eigenvalue weighted by molar-refractivity contribution is 5.67. The van der Waals surface area contributed by atoms with E-state index in [4.69, 9.17) is 5.73 Å². The summed E-state index contributed by atoms with van der Waals surface area (Å²) in [5, 5.41) is 0. The van der Waals surface area contributed by atoms with Crippen molar-refractivity contribution in [2.45, 2.75) is 13.8 Å². The fourth-order valence-electron chi connectivity index (χ4n) is 1.73. The van der Waals surface area contributed by atoms with Crippen LogP contribution in [0.4, 0.5) is 10.2 Å². The number of benzene rings is 1. The molecule has 2 nitrogen and oxygen atoms in total. The first-order valence-electron chi connectivity index (χ1n) is 5.06. The van der Waals surface area contributed by atoms with Crippen molar-refractivity contribution >= 4 is 5.82 Å². The van der Waals surface area contributed by atoms with Crippen LogP contribution in [0.3, 0.4) is 0 Å². The Balaban J connectivity index is 2.54. The Bertz CT molecular complexity index is 535. The Morgan fingerprint density at radius 3 is 2.56 bits per heavy atom. The summed E-state index contributed by atoms with van der Waals surface area (Å²) < 4.78 is 13.3. The van der Waals surface area contributed by atoms with E-state index < -0.39 is 5.82 Å². The Kier molecular flexibility index (Phi) is 2.60. The van der Waals surface area contributed by atoms with Gasteiger partial charge < -0.3 is 5.73 Å². The van der Waals surface area contributed by atoms with Gasteiger partial charge in [-0.25, -0.2) is 9.37 Å². The van der Waals surface area contributed by atoms with Crippen molar-refractivity contribution in [1.82, 2.24) is 4.98 Å². The first-order valence-corrected chi connectivity index (χ1v) is 5.06. The van der Waals surface area contributed by atoms with E-state index in [0.717, 1.165) is 16.7 Å². The molecule has 1 aromatic carbocycles. The molecule has 0 saturated heterocycles. The lowest BCUT2D eigenvalue weighted by Gasteiger charge is -2.07. The molecule has 0 spiro atoms.